The van der Waals surface area contributed by atoms with Gasteiger partial charge in [0.2, 0.25) is 0 Å². The second-order valence-electron chi connectivity index (χ2n) is 4.45. The summed E-state index contributed by atoms with van der Waals surface area (Å²) >= 11 is -2.61. The average molecular weight is 338 g/mol. The molecule has 0 spiro atoms. The molecule has 0 aromatic heterocycles. The molecule has 0 unspecified atom stereocenters. The van der Waals surface area contributed by atoms with Gasteiger partial charge in [-0.05, 0) is 0 Å². The first-order valence-corrected chi connectivity index (χ1v) is 7.08. The van der Waals surface area contributed by atoms with Crippen molar-refractivity contribution < 1.29 is 38.2 Å². The van der Waals surface area contributed by atoms with Crippen molar-refractivity contribution in [1.82, 2.24) is 0 Å². The highest BCUT2D eigenvalue weighted by Gasteiger charge is 2.35. The van der Waals surface area contributed by atoms with E-state index in [-0.39, 0.29) is 22.3 Å². The molecule has 0 amide bonds. The van der Waals surface area contributed by atoms with Crippen molar-refractivity contribution in [3.63, 3.8) is 0 Å². The van der Waals surface area contributed by atoms with Crippen LogP contribution in [0.1, 0.15) is 31.8 Å². The number of ketones is 2. The Kier molecular flexibility index (Phi) is 4.45. The molecule has 8 nitrogen and oxygen atoms in total. The summed E-state index contributed by atoms with van der Waals surface area (Å²) in [6.45, 7) is 0. The van der Waals surface area contributed by atoms with Gasteiger partial charge < -0.3 is 15.3 Å². The summed E-state index contributed by atoms with van der Waals surface area (Å²) in [4.78, 5) is 24.5. The molecule has 1 aliphatic carbocycles. The lowest BCUT2D eigenvalue weighted by molar-refractivity contribution is 0.0973. The summed E-state index contributed by atoms with van der Waals surface area (Å²) in [6, 6.07) is 6.97. The van der Waals surface area contributed by atoms with Crippen LogP contribution in [0, 0.1) is 0 Å². The van der Waals surface area contributed by atoms with Crippen molar-refractivity contribution in [3.05, 3.63) is 52.6 Å². The molecular weight excluding hydrogens is 328 g/mol. The monoisotopic (exact) mass is 338 g/mol. The van der Waals surface area contributed by atoms with E-state index in [2.05, 4.69) is 0 Å². The van der Waals surface area contributed by atoms with Crippen LogP contribution in [-0.2, 0) is 11.4 Å². The second-order valence-corrected chi connectivity index (χ2v) is 4.91. The molecule has 0 saturated carbocycles. The highest BCUT2D eigenvalue weighted by molar-refractivity contribution is 7.73. The predicted molar refractivity (Wildman–Crippen MR) is 78.1 cm³/mol. The van der Waals surface area contributed by atoms with Crippen LogP contribution in [0.25, 0.3) is 0 Å². The van der Waals surface area contributed by atoms with Crippen LogP contribution in [0.3, 0.4) is 0 Å². The average Bonchev–Trinajstić information content (AvgIpc) is 2.48. The normalized spacial score (nSPS) is 12.3. The summed E-state index contributed by atoms with van der Waals surface area (Å²) < 4.78 is 22.8. The van der Waals surface area contributed by atoms with E-state index in [1.54, 1.807) is 12.1 Å². The van der Waals surface area contributed by atoms with Crippen LogP contribution in [0.2, 0.25) is 0 Å². The fourth-order valence-electron chi connectivity index (χ4n) is 2.24. The molecule has 0 bridgehead atoms. The van der Waals surface area contributed by atoms with Crippen molar-refractivity contribution in [2.45, 2.75) is 0 Å². The minimum absolute atomic E-state index is 0.139. The third kappa shape index (κ3) is 2.93. The predicted octanol–water partition coefficient (Wildman–Crippen LogP) is 1.26. The Morgan fingerprint density at radius 3 is 1.70 bits per heavy atom. The lowest BCUT2D eigenvalue weighted by atomic mass is 9.83. The number of phenolic OH excluding ortho intramolecular Hbond substituents is 3. The fraction of sp³-hybridized carbons (Fsp3) is 0. The summed E-state index contributed by atoms with van der Waals surface area (Å²) in [5.74, 6) is -3.03. The lowest BCUT2D eigenvalue weighted by Gasteiger charge is -2.19. The van der Waals surface area contributed by atoms with E-state index >= 15 is 0 Å². The molecule has 9 heteroatoms. The zero-order valence-electron chi connectivity index (χ0n) is 11.3. The first-order chi connectivity index (χ1) is 10.8. The molecule has 23 heavy (non-hydrogen) atoms. The quantitative estimate of drug-likeness (QED) is 0.233. The molecule has 0 atom stereocenters. The van der Waals surface area contributed by atoms with Gasteiger partial charge in [-0.25, -0.2) is 0 Å². The summed E-state index contributed by atoms with van der Waals surface area (Å²) in [6.07, 6.45) is 0. The van der Waals surface area contributed by atoms with E-state index in [1.165, 1.54) is 12.1 Å². The molecule has 120 valence electrons. The van der Waals surface area contributed by atoms with Crippen molar-refractivity contribution in [2.24, 2.45) is 0 Å². The third-order valence-corrected chi connectivity index (χ3v) is 3.13. The third-order valence-electron chi connectivity index (χ3n) is 3.13. The molecule has 3 rings (SSSR count). The summed E-state index contributed by atoms with van der Waals surface area (Å²) in [7, 11) is 0. The summed E-state index contributed by atoms with van der Waals surface area (Å²) in [5, 5.41) is 28.9. The number of carbonyl (C=O) groups excluding carboxylic acids is 2. The molecule has 0 saturated heterocycles. The van der Waals surface area contributed by atoms with E-state index < -0.39 is 40.2 Å². The zero-order chi connectivity index (χ0) is 17.3. The van der Waals surface area contributed by atoms with E-state index in [4.69, 9.17) is 13.3 Å². The van der Waals surface area contributed by atoms with Gasteiger partial charge in [0.15, 0.2) is 23.1 Å². The maximum absolute atomic E-state index is 12.2. The highest BCUT2D eigenvalue weighted by Crippen LogP contribution is 2.42. The van der Waals surface area contributed by atoms with Crippen molar-refractivity contribution in [1.29, 1.82) is 0 Å². The molecule has 0 radical (unpaired) electrons. The van der Waals surface area contributed by atoms with Crippen LogP contribution < -0.4 is 0 Å². The Morgan fingerprint density at radius 2 is 1.22 bits per heavy atom. The van der Waals surface area contributed by atoms with Gasteiger partial charge in [0.05, 0.1) is 11.1 Å². The Balaban J connectivity index is 0.000000433. The smallest absolute Gasteiger partial charge is 0.299 e. The zero-order valence-corrected chi connectivity index (χ0v) is 12.1. The number of fused-ring (bicyclic) bond motifs is 2. The number of carbonyl (C=O) groups is 2. The second kappa shape index (κ2) is 6.16. The number of rotatable bonds is 0. The Hall–Kier alpha value is -2.75. The van der Waals surface area contributed by atoms with Gasteiger partial charge in [-0.2, -0.15) is 4.21 Å². The van der Waals surface area contributed by atoms with Crippen LogP contribution in [0.5, 0.6) is 17.2 Å². The molecular formula is C14H10O8S. The molecule has 1 aliphatic rings. The summed E-state index contributed by atoms with van der Waals surface area (Å²) in [5.41, 5.74) is -0.333. The Bertz CT molecular complexity index is 839. The molecule has 5 N–H and O–H groups in total. The van der Waals surface area contributed by atoms with Gasteiger partial charge in [0, 0.05) is 17.2 Å². The number of hydrogen-bond donors (Lipinski definition) is 5. The van der Waals surface area contributed by atoms with Gasteiger partial charge in [-0.3, -0.25) is 18.7 Å². The van der Waals surface area contributed by atoms with Crippen LogP contribution in [-0.4, -0.2) is 40.2 Å². The molecule has 0 aliphatic heterocycles. The van der Waals surface area contributed by atoms with Crippen LogP contribution >= 0.6 is 0 Å². The largest absolute Gasteiger partial charge is 0.507 e. The first-order valence-electron chi connectivity index (χ1n) is 6.02. The molecule has 0 heterocycles. The molecule has 0 fully saturated rings. The number of benzene rings is 2. The SMILES string of the molecule is O=C1c2ccccc2C(=O)c2c(O)c(O)cc(O)c21.O=S(O)O. The van der Waals surface area contributed by atoms with E-state index in [0.717, 1.165) is 6.07 Å². The lowest BCUT2D eigenvalue weighted by Crippen LogP contribution is -2.21. The van der Waals surface area contributed by atoms with Gasteiger partial charge in [-0.1, -0.05) is 24.3 Å². The highest BCUT2D eigenvalue weighted by atomic mass is 32.2. The van der Waals surface area contributed by atoms with Gasteiger partial charge in [-0.15, -0.1) is 0 Å². The van der Waals surface area contributed by atoms with Gasteiger partial charge in [0.1, 0.15) is 5.75 Å². The topological polar surface area (TPSA) is 152 Å². The molecule has 2 aromatic rings. The number of phenols is 3. The van der Waals surface area contributed by atoms with Crippen molar-refractivity contribution in [2.75, 3.05) is 0 Å². The van der Waals surface area contributed by atoms with E-state index in [1.807, 2.05) is 0 Å². The maximum atomic E-state index is 12.2. The van der Waals surface area contributed by atoms with Gasteiger partial charge >= 0.3 is 0 Å². The Morgan fingerprint density at radius 1 is 0.783 bits per heavy atom. The first kappa shape index (κ1) is 16.6. The van der Waals surface area contributed by atoms with Gasteiger partial charge in [0.25, 0.3) is 11.4 Å². The molecule has 2 aromatic carbocycles. The Labute approximate surface area is 131 Å². The minimum atomic E-state index is -2.61. The van der Waals surface area contributed by atoms with Crippen LogP contribution in [0.4, 0.5) is 0 Å². The van der Waals surface area contributed by atoms with Crippen LogP contribution in [0.15, 0.2) is 30.3 Å². The minimum Gasteiger partial charge on any atom is -0.507 e. The number of aromatic hydroxyl groups is 3. The maximum Gasteiger partial charge on any atom is 0.299 e. The van der Waals surface area contributed by atoms with E-state index in [0.29, 0.717) is 0 Å². The van der Waals surface area contributed by atoms with E-state index in [9.17, 15) is 24.9 Å². The fourth-order valence-corrected chi connectivity index (χ4v) is 2.24. The number of hydrogen-bond acceptors (Lipinski definition) is 6. The van der Waals surface area contributed by atoms with Crippen molar-refractivity contribution >= 4 is 22.9 Å². The van der Waals surface area contributed by atoms with Crippen molar-refractivity contribution in [3.8, 4) is 17.2 Å². The standard InChI is InChI=1S/C14H8O5.H2O3S/c15-8-5-9(16)14(19)11-10(8)12(17)6-3-1-2-4-7(6)13(11)18;1-4(2)3/h1-5,15-16,19H;(H2,1,2,3).